The summed E-state index contributed by atoms with van der Waals surface area (Å²) in [6, 6.07) is 0. The van der Waals surface area contributed by atoms with Crippen LogP contribution in [0.15, 0.2) is 29.3 Å². The highest BCUT2D eigenvalue weighted by atomic mass is 16.5. The molecule has 6 nitrogen and oxygen atoms in total. The molecule has 0 heterocycles. The molecule has 0 amide bonds. The zero-order chi connectivity index (χ0) is 14.5. The molecule has 0 spiro atoms. The number of aliphatic imine (C=N–C) groups is 1. The fourth-order valence-electron chi connectivity index (χ4n) is 1.09. The van der Waals surface area contributed by atoms with E-state index in [1.165, 1.54) is 18.2 Å². The van der Waals surface area contributed by atoms with Crippen LogP contribution in [0, 0.1) is 5.92 Å². The molecular formula is C13H17NO5. The summed E-state index contributed by atoms with van der Waals surface area (Å²) in [5.41, 5.74) is 0. The van der Waals surface area contributed by atoms with E-state index in [9.17, 15) is 14.4 Å². The third-order valence-corrected chi connectivity index (χ3v) is 1.94. The number of esters is 2. The first-order valence-electron chi connectivity index (χ1n) is 5.76. The second-order valence-corrected chi connectivity index (χ2v) is 3.56. The number of isocyanates is 1. The van der Waals surface area contributed by atoms with E-state index in [2.05, 4.69) is 4.99 Å². The van der Waals surface area contributed by atoms with Gasteiger partial charge in [0.25, 0.3) is 0 Å². The standard InChI is InChI=1S/C13H17NO5/c1-3-5-12(16)18-8-11(7-14-10-15)9-19-13(17)6-4-2/h3-6,11H,7-9H2,1-2H3. The molecule has 0 aromatic carbocycles. The molecule has 0 unspecified atom stereocenters. The van der Waals surface area contributed by atoms with Crippen LogP contribution in [0.2, 0.25) is 0 Å². The first kappa shape index (κ1) is 16.8. The first-order chi connectivity index (χ1) is 9.13. The van der Waals surface area contributed by atoms with Crippen LogP contribution in [0.5, 0.6) is 0 Å². The number of rotatable bonds is 8. The van der Waals surface area contributed by atoms with Gasteiger partial charge in [-0.2, -0.15) is 0 Å². The zero-order valence-electron chi connectivity index (χ0n) is 11.0. The number of nitrogens with zero attached hydrogens (tertiary/aromatic N) is 1. The molecule has 0 aromatic rings. The molecule has 0 aliphatic heterocycles. The van der Waals surface area contributed by atoms with Crippen LogP contribution in [0.4, 0.5) is 0 Å². The summed E-state index contributed by atoms with van der Waals surface area (Å²) >= 11 is 0. The average molecular weight is 267 g/mol. The summed E-state index contributed by atoms with van der Waals surface area (Å²) in [5, 5.41) is 0. The fraction of sp³-hybridized carbons (Fsp3) is 0.462. The van der Waals surface area contributed by atoms with Gasteiger partial charge in [0, 0.05) is 18.1 Å². The molecule has 0 N–H and O–H groups in total. The third kappa shape index (κ3) is 9.50. The molecule has 19 heavy (non-hydrogen) atoms. The summed E-state index contributed by atoms with van der Waals surface area (Å²) in [6.07, 6.45) is 7.03. The van der Waals surface area contributed by atoms with Crippen molar-refractivity contribution in [1.82, 2.24) is 0 Å². The highest BCUT2D eigenvalue weighted by Crippen LogP contribution is 2.01. The lowest BCUT2D eigenvalue weighted by molar-refractivity contribution is -0.142. The van der Waals surface area contributed by atoms with Gasteiger partial charge in [0.1, 0.15) is 0 Å². The number of hydrogen-bond acceptors (Lipinski definition) is 6. The van der Waals surface area contributed by atoms with E-state index in [1.54, 1.807) is 26.0 Å². The van der Waals surface area contributed by atoms with Gasteiger partial charge in [0.05, 0.1) is 19.8 Å². The number of carbonyl (C=O) groups is 2. The van der Waals surface area contributed by atoms with Gasteiger partial charge in [0.2, 0.25) is 6.08 Å². The smallest absolute Gasteiger partial charge is 0.330 e. The van der Waals surface area contributed by atoms with Gasteiger partial charge < -0.3 is 9.47 Å². The van der Waals surface area contributed by atoms with Crippen molar-refractivity contribution in [2.24, 2.45) is 10.9 Å². The third-order valence-electron chi connectivity index (χ3n) is 1.94. The molecule has 0 saturated carbocycles. The minimum atomic E-state index is -0.498. The van der Waals surface area contributed by atoms with Crippen molar-refractivity contribution >= 4 is 18.0 Å². The minimum Gasteiger partial charge on any atom is -0.462 e. The van der Waals surface area contributed by atoms with Crippen molar-refractivity contribution in [2.45, 2.75) is 13.8 Å². The van der Waals surface area contributed by atoms with Crippen molar-refractivity contribution < 1.29 is 23.9 Å². The van der Waals surface area contributed by atoms with Crippen LogP contribution in [0.1, 0.15) is 13.8 Å². The van der Waals surface area contributed by atoms with Crippen molar-refractivity contribution in [3.05, 3.63) is 24.3 Å². The van der Waals surface area contributed by atoms with E-state index < -0.39 is 11.9 Å². The fourth-order valence-corrected chi connectivity index (χ4v) is 1.09. The maximum absolute atomic E-state index is 11.1. The second-order valence-electron chi connectivity index (χ2n) is 3.56. The Labute approximate surface area is 111 Å². The molecule has 6 heteroatoms. The van der Waals surface area contributed by atoms with E-state index in [-0.39, 0.29) is 25.7 Å². The molecule has 0 fully saturated rings. The van der Waals surface area contributed by atoms with Crippen LogP contribution < -0.4 is 0 Å². The number of carbonyl (C=O) groups excluding carboxylic acids is 3. The Hall–Kier alpha value is -2.20. The monoisotopic (exact) mass is 267 g/mol. The first-order valence-corrected chi connectivity index (χ1v) is 5.76. The van der Waals surface area contributed by atoms with Crippen LogP contribution in [-0.2, 0) is 23.9 Å². The molecule has 0 radical (unpaired) electrons. The lowest BCUT2D eigenvalue weighted by Gasteiger charge is -2.13. The normalized spacial score (nSPS) is 12.1. The Balaban J connectivity index is 4.25. The van der Waals surface area contributed by atoms with Crippen LogP contribution in [0.3, 0.4) is 0 Å². The van der Waals surface area contributed by atoms with Gasteiger partial charge in [-0.05, 0) is 13.8 Å². The Morgan fingerprint density at radius 2 is 1.58 bits per heavy atom. The van der Waals surface area contributed by atoms with Crippen LogP contribution in [0.25, 0.3) is 0 Å². The number of ether oxygens (including phenoxy) is 2. The van der Waals surface area contributed by atoms with Gasteiger partial charge in [-0.3, -0.25) is 0 Å². The molecule has 0 atom stereocenters. The molecule has 104 valence electrons. The molecule has 0 aliphatic carbocycles. The van der Waals surface area contributed by atoms with Crippen molar-refractivity contribution in [3.8, 4) is 0 Å². The topological polar surface area (TPSA) is 82.0 Å². The summed E-state index contributed by atoms with van der Waals surface area (Å²) < 4.78 is 9.82. The molecular weight excluding hydrogens is 250 g/mol. The largest absolute Gasteiger partial charge is 0.462 e. The van der Waals surface area contributed by atoms with Crippen LogP contribution >= 0.6 is 0 Å². The zero-order valence-corrected chi connectivity index (χ0v) is 11.0. The number of allylic oxidation sites excluding steroid dienone is 2. The van der Waals surface area contributed by atoms with E-state index in [1.807, 2.05) is 0 Å². The summed E-state index contributed by atoms with van der Waals surface area (Å²) in [5.74, 6) is -1.37. The average Bonchev–Trinajstić information content (AvgIpc) is 2.38. The predicted octanol–water partition coefficient (Wildman–Crippen LogP) is 1.18. The maximum Gasteiger partial charge on any atom is 0.330 e. The van der Waals surface area contributed by atoms with Gasteiger partial charge in [0.15, 0.2) is 0 Å². The minimum absolute atomic E-state index is 0.0114. The van der Waals surface area contributed by atoms with Crippen molar-refractivity contribution in [3.63, 3.8) is 0 Å². The predicted molar refractivity (Wildman–Crippen MR) is 68.0 cm³/mol. The van der Waals surface area contributed by atoms with E-state index >= 15 is 0 Å². The summed E-state index contributed by atoms with van der Waals surface area (Å²) in [7, 11) is 0. The Kier molecular flexibility index (Phi) is 9.66. The SMILES string of the molecule is CC=CC(=O)OCC(CN=C=O)COC(=O)C=CC. The highest BCUT2D eigenvalue weighted by molar-refractivity contribution is 5.82. The molecule has 0 aliphatic rings. The summed E-state index contributed by atoms with van der Waals surface area (Å²) in [6.45, 7) is 3.48. The second kappa shape index (κ2) is 10.9. The molecule has 0 rings (SSSR count). The van der Waals surface area contributed by atoms with Gasteiger partial charge in [-0.25, -0.2) is 19.4 Å². The van der Waals surface area contributed by atoms with Crippen molar-refractivity contribution in [2.75, 3.05) is 19.8 Å². The molecule has 0 bridgehead atoms. The maximum atomic E-state index is 11.1. The highest BCUT2D eigenvalue weighted by Gasteiger charge is 2.13. The Morgan fingerprint density at radius 3 is 1.95 bits per heavy atom. The molecule has 0 aromatic heterocycles. The Bertz CT molecular complexity index is 366. The van der Waals surface area contributed by atoms with E-state index in [0.29, 0.717) is 0 Å². The summed E-state index contributed by atoms with van der Waals surface area (Å²) in [4.78, 5) is 35.7. The van der Waals surface area contributed by atoms with Crippen molar-refractivity contribution in [1.29, 1.82) is 0 Å². The quantitative estimate of drug-likeness (QED) is 0.285. The Morgan fingerprint density at radius 1 is 1.11 bits per heavy atom. The number of hydrogen-bond donors (Lipinski definition) is 0. The van der Waals surface area contributed by atoms with E-state index in [4.69, 9.17) is 9.47 Å². The van der Waals surface area contributed by atoms with Gasteiger partial charge in [-0.15, -0.1) is 0 Å². The van der Waals surface area contributed by atoms with Crippen LogP contribution in [-0.4, -0.2) is 37.8 Å². The lowest BCUT2D eigenvalue weighted by Crippen LogP contribution is -2.22. The lowest BCUT2D eigenvalue weighted by atomic mass is 10.2. The van der Waals surface area contributed by atoms with E-state index in [0.717, 1.165) is 0 Å². The van der Waals surface area contributed by atoms with Gasteiger partial charge >= 0.3 is 11.9 Å². The molecule has 0 saturated heterocycles. The van der Waals surface area contributed by atoms with Gasteiger partial charge in [-0.1, -0.05) is 12.2 Å².